The first-order valence-electron chi connectivity index (χ1n) is 8.01. The largest absolute Gasteiger partial charge is 0.486 e. The molecule has 1 N–H and O–H groups in total. The van der Waals surface area contributed by atoms with E-state index in [0.717, 1.165) is 10.6 Å². The van der Waals surface area contributed by atoms with Gasteiger partial charge in [-0.25, -0.2) is 0 Å². The Morgan fingerprint density at radius 1 is 1.08 bits per heavy atom. The van der Waals surface area contributed by atoms with Crippen molar-refractivity contribution in [2.75, 3.05) is 18.5 Å². The fourth-order valence-electron chi connectivity index (χ4n) is 2.41. The molecule has 1 heterocycles. The molecule has 2 aromatic rings. The Morgan fingerprint density at radius 2 is 1.84 bits per heavy atom. The monoisotopic (exact) mass is 357 g/mol. The molecular formula is C19H19NO4S. The number of ketones is 1. The van der Waals surface area contributed by atoms with Crippen LogP contribution >= 0.6 is 11.8 Å². The highest BCUT2D eigenvalue weighted by molar-refractivity contribution is 8.00. The van der Waals surface area contributed by atoms with Crippen molar-refractivity contribution in [3.8, 4) is 11.5 Å². The van der Waals surface area contributed by atoms with E-state index in [0.29, 0.717) is 30.2 Å². The lowest BCUT2D eigenvalue weighted by Crippen LogP contribution is -2.22. The van der Waals surface area contributed by atoms with Gasteiger partial charge in [0.25, 0.3) is 0 Å². The molecule has 2 aromatic carbocycles. The smallest absolute Gasteiger partial charge is 0.237 e. The van der Waals surface area contributed by atoms with Crippen LogP contribution in [0.25, 0.3) is 0 Å². The van der Waals surface area contributed by atoms with Crippen molar-refractivity contribution < 1.29 is 19.1 Å². The third-order valence-corrected chi connectivity index (χ3v) is 4.83. The van der Waals surface area contributed by atoms with Crippen LogP contribution < -0.4 is 14.8 Å². The molecule has 1 amide bonds. The molecule has 0 aliphatic carbocycles. The zero-order valence-corrected chi connectivity index (χ0v) is 14.9. The maximum atomic E-state index is 12.4. The van der Waals surface area contributed by atoms with Crippen LogP contribution in [-0.4, -0.2) is 30.2 Å². The number of hydrogen-bond acceptors (Lipinski definition) is 5. The molecule has 0 aromatic heterocycles. The van der Waals surface area contributed by atoms with Crippen molar-refractivity contribution in [3.63, 3.8) is 0 Å². The lowest BCUT2D eigenvalue weighted by Gasteiger charge is -2.19. The highest BCUT2D eigenvalue weighted by Gasteiger charge is 2.17. The fraction of sp³-hybridized carbons (Fsp3) is 0.263. The Balaban J connectivity index is 1.64. The molecule has 25 heavy (non-hydrogen) atoms. The Bertz CT molecular complexity index is 806. The zero-order valence-electron chi connectivity index (χ0n) is 14.1. The molecule has 0 radical (unpaired) electrons. The van der Waals surface area contributed by atoms with Gasteiger partial charge in [0, 0.05) is 16.1 Å². The minimum Gasteiger partial charge on any atom is -0.486 e. The van der Waals surface area contributed by atoms with Crippen LogP contribution in [0.15, 0.2) is 47.4 Å². The Morgan fingerprint density at radius 3 is 2.60 bits per heavy atom. The minimum atomic E-state index is -0.302. The van der Waals surface area contributed by atoms with Gasteiger partial charge >= 0.3 is 0 Å². The van der Waals surface area contributed by atoms with Gasteiger partial charge in [-0.2, -0.15) is 0 Å². The van der Waals surface area contributed by atoms with Gasteiger partial charge in [0.2, 0.25) is 5.91 Å². The first kappa shape index (κ1) is 17.4. The first-order chi connectivity index (χ1) is 12.0. The number of nitrogens with one attached hydrogen (secondary N) is 1. The number of amides is 1. The number of fused-ring (bicyclic) bond motifs is 1. The first-order valence-corrected chi connectivity index (χ1v) is 8.89. The summed E-state index contributed by atoms with van der Waals surface area (Å²) in [6.07, 6.45) is 0. The molecule has 1 atom stereocenters. The number of carbonyl (C=O) groups is 2. The van der Waals surface area contributed by atoms with Gasteiger partial charge < -0.3 is 14.8 Å². The van der Waals surface area contributed by atoms with Gasteiger partial charge in [-0.15, -0.1) is 11.8 Å². The predicted octanol–water partition coefficient (Wildman–Crippen LogP) is 3.78. The van der Waals surface area contributed by atoms with E-state index in [-0.39, 0.29) is 16.9 Å². The van der Waals surface area contributed by atoms with E-state index < -0.39 is 0 Å². The van der Waals surface area contributed by atoms with Crippen LogP contribution in [0, 0.1) is 0 Å². The van der Waals surface area contributed by atoms with Crippen molar-refractivity contribution in [2.45, 2.75) is 24.0 Å². The summed E-state index contributed by atoms with van der Waals surface area (Å²) in [7, 11) is 0. The normalized spacial score (nSPS) is 13.8. The van der Waals surface area contributed by atoms with Crippen molar-refractivity contribution >= 4 is 29.1 Å². The lowest BCUT2D eigenvalue weighted by atomic mass is 10.1. The number of Topliss-reactive ketones (excluding diaryl/α,β-unsaturated/α-hetero) is 1. The predicted molar refractivity (Wildman–Crippen MR) is 97.8 cm³/mol. The van der Waals surface area contributed by atoms with Crippen LogP contribution in [0.3, 0.4) is 0 Å². The Hall–Kier alpha value is -2.47. The molecule has 1 aliphatic heterocycles. The minimum absolute atomic E-state index is 0.0326. The third-order valence-electron chi connectivity index (χ3n) is 3.73. The average Bonchev–Trinajstić information content (AvgIpc) is 2.61. The highest BCUT2D eigenvalue weighted by Crippen LogP contribution is 2.35. The van der Waals surface area contributed by atoms with E-state index in [9.17, 15) is 9.59 Å². The third kappa shape index (κ3) is 4.33. The van der Waals surface area contributed by atoms with E-state index >= 15 is 0 Å². The van der Waals surface area contributed by atoms with E-state index in [2.05, 4.69) is 5.32 Å². The average molecular weight is 357 g/mol. The second-order valence-electron chi connectivity index (χ2n) is 5.69. The summed E-state index contributed by atoms with van der Waals surface area (Å²) in [5, 5.41) is 2.55. The summed E-state index contributed by atoms with van der Waals surface area (Å²) in [4.78, 5) is 24.8. The van der Waals surface area contributed by atoms with Crippen LogP contribution in [0.2, 0.25) is 0 Å². The molecule has 5 nitrogen and oxygen atoms in total. The molecular weight excluding hydrogens is 338 g/mol. The maximum Gasteiger partial charge on any atom is 0.237 e. The van der Waals surface area contributed by atoms with E-state index in [1.54, 1.807) is 24.3 Å². The Labute approximate surface area is 150 Å². The number of thioether (sulfide) groups is 1. The van der Waals surface area contributed by atoms with Crippen LogP contribution in [0.1, 0.15) is 24.2 Å². The quantitative estimate of drug-likeness (QED) is 0.652. The fourth-order valence-corrected chi connectivity index (χ4v) is 3.31. The molecule has 0 bridgehead atoms. The maximum absolute atomic E-state index is 12.4. The van der Waals surface area contributed by atoms with Gasteiger partial charge in [0.15, 0.2) is 17.3 Å². The van der Waals surface area contributed by atoms with E-state index in [4.69, 9.17) is 9.47 Å². The van der Waals surface area contributed by atoms with Gasteiger partial charge in [-0.05, 0) is 44.2 Å². The number of carbonyl (C=O) groups excluding carboxylic acids is 2. The number of anilines is 1. The molecule has 0 spiro atoms. The van der Waals surface area contributed by atoms with Gasteiger partial charge in [-0.3, -0.25) is 9.59 Å². The lowest BCUT2D eigenvalue weighted by molar-refractivity contribution is -0.115. The summed E-state index contributed by atoms with van der Waals surface area (Å²) in [6, 6.07) is 12.6. The SMILES string of the molecule is CC(=O)c1cccc(NC(=O)[C@@H](C)Sc2ccc3c(c2)OCCO3)c1. The van der Waals surface area contributed by atoms with Crippen LogP contribution in [0.5, 0.6) is 11.5 Å². The molecule has 6 heteroatoms. The number of ether oxygens (including phenoxy) is 2. The summed E-state index contributed by atoms with van der Waals surface area (Å²) in [6.45, 7) is 4.42. The van der Waals surface area contributed by atoms with E-state index in [1.807, 2.05) is 25.1 Å². The second kappa shape index (κ2) is 7.61. The number of rotatable bonds is 5. The summed E-state index contributed by atoms with van der Waals surface area (Å²) in [5.41, 5.74) is 1.19. The molecule has 0 unspecified atom stereocenters. The molecule has 3 rings (SSSR count). The molecule has 0 saturated carbocycles. The van der Waals surface area contributed by atoms with Crippen molar-refractivity contribution in [1.82, 2.24) is 0 Å². The highest BCUT2D eigenvalue weighted by atomic mass is 32.2. The van der Waals surface area contributed by atoms with E-state index in [1.165, 1.54) is 18.7 Å². The van der Waals surface area contributed by atoms with Gasteiger partial charge in [0.05, 0.1) is 5.25 Å². The summed E-state index contributed by atoms with van der Waals surface area (Å²) in [5.74, 6) is 1.28. The van der Waals surface area contributed by atoms with Gasteiger partial charge in [-0.1, -0.05) is 12.1 Å². The van der Waals surface area contributed by atoms with Gasteiger partial charge in [0.1, 0.15) is 13.2 Å². The van der Waals surface area contributed by atoms with Crippen molar-refractivity contribution in [3.05, 3.63) is 48.0 Å². The molecule has 0 fully saturated rings. The topological polar surface area (TPSA) is 64.6 Å². The Kier molecular flexibility index (Phi) is 5.28. The zero-order chi connectivity index (χ0) is 17.8. The standard InChI is InChI=1S/C19H19NO4S/c1-12(21)14-4-3-5-15(10-14)20-19(22)13(2)25-16-6-7-17-18(11-16)24-9-8-23-17/h3-7,10-11,13H,8-9H2,1-2H3,(H,20,22)/t13-/m1/s1. The summed E-state index contributed by atoms with van der Waals surface area (Å²) < 4.78 is 11.1. The van der Waals surface area contributed by atoms with Crippen molar-refractivity contribution in [1.29, 1.82) is 0 Å². The summed E-state index contributed by atoms with van der Waals surface area (Å²) >= 11 is 1.44. The second-order valence-corrected chi connectivity index (χ2v) is 7.11. The van der Waals surface area contributed by atoms with Crippen LogP contribution in [0.4, 0.5) is 5.69 Å². The molecule has 130 valence electrons. The number of hydrogen-bond donors (Lipinski definition) is 1. The molecule has 1 aliphatic rings. The number of benzene rings is 2. The molecule has 0 saturated heterocycles. The van der Waals surface area contributed by atoms with Crippen LogP contribution in [-0.2, 0) is 4.79 Å². The van der Waals surface area contributed by atoms with Crippen molar-refractivity contribution in [2.24, 2.45) is 0 Å².